The van der Waals surface area contributed by atoms with Gasteiger partial charge in [-0.1, -0.05) is 41.7 Å². The lowest BCUT2D eigenvalue weighted by atomic mass is 9.95. The number of thiazole rings is 1. The van der Waals surface area contributed by atoms with Gasteiger partial charge in [-0.05, 0) is 44.2 Å². The van der Waals surface area contributed by atoms with E-state index < -0.39 is 18.0 Å². The molecule has 1 aliphatic rings. The highest BCUT2D eigenvalue weighted by molar-refractivity contribution is 7.07. The second-order valence-corrected chi connectivity index (χ2v) is 9.64. The predicted octanol–water partition coefficient (Wildman–Crippen LogP) is 3.77. The highest BCUT2D eigenvalue weighted by atomic mass is 32.1. The van der Waals surface area contributed by atoms with Gasteiger partial charge in [0, 0.05) is 17.2 Å². The van der Waals surface area contributed by atoms with E-state index in [0.717, 1.165) is 0 Å². The second kappa shape index (κ2) is 10.6. The Bertz CT molecular complexity index is 1790. The van der Waals surface area contributed by atoms with Crippen LogP contribution in [0.1, 0.15) is 41.6 Å². The molecule has 1 aliphatic heterocycles. The van der Waals surface area contributed by atoms with Crippen LogP contribution in [0.15, 0.2) is 86.1 Å². The summed E-state index contributed by atoms with van der Waals surface area (Å²) in [6.45, 7) is 3.62. The average molecular weight is 545 g/mol. The molecule has 1 unspecified atom stereocenters. The van der Waals surface area contributed by atoms with Gasteiger partial charge in [0.1, 0.15) is 23.3 Å². The minimum absolute atomic E-state index is 0.175. The van der Waals surface area contributed by atoms with Gasteiger partial charge in [-0.2, -0.15) is 0 Å². The van der Waals surface area contributed by atoms with Gasteiger partial charge < -0.3 is 19.0 Å². The minimum Gasteiger partial charge on any atom is -0.496 e. The second-order valence-electron chi connectivity index (χ2n) is 8.63. The largest absolute Gasteiger partial charge is 0.496 e. The van der Waals surface area contributed by atoms with Gasteiger partial charge in [0.15, 0.2) is 4.80 Å². The molecule has 0 amide bonds. The number of hydrogen-bond donors (Lipinski definition) is 1. The van der Waals surface area contributed by atoms with Crippen LogP contribution in [0.25, 0.3) is 17.4 Å². The molecule has 0 bridgehead atoms. The van der Waals surface area contributed by atoms with E-state index in [-0.39, 0.29) is 23.3 Å². The van der Waals surface area contributed by atoms with E-state index in [1.807, 2.05) is 18.2 Å². The number of hydrogen-bond acceptors (Lipinski definition) is 8. The Labute approximate surface area is 226 Å². The number of furan rings is 1. The fourth-order valence-electron chi connectivity index (χ4n) is 4.47. The van der Waals surface area contributed by atoms with E-state index in [9.17, 15) is 14.4 Å². The number of carbonyl (C=O) groups excluding carboxylic acids is 1. The van der Waals surface area contributed by atoms with E-state index in [0.29, 0.717) is 43.4 Å². The van der Waals surface area contributed by atoms with Gasteiger partial charge in [0.05, 0.1) is 35.1 Å². The van der Waals surface area contributed by atoms with Gasteiger partial charge in [0.25, 0.3) is 5.56 Å². The fraction of sp³-hybridized carbons (Fsp3) is 0.172. The zero-order valence-electron chi connectivity index (χ0n) is 21.3. The summed E-state index contributed by atoms with van der Waals surface area (Å²) in [7, 11) is 1.53. The van der Waals surface area contributed by atoms with Crippen molar-refractivity contribution in [3.8, 4) is 17.1 Å². The number of fused-ring (bicyclic) bond motifs is 1. The number of carboxylic acid groups (broad SMARTS) is 1. The summed E-state index contributed by atoms with van der Waals surface area (Å²) < 4.78 is 18.7. The van der Waals surface area contributed by atoms with Crippen LogP contribution in [0.3, 0.4) is 0 Å². The number of rotatable bonds is 7. The predicted molar refractivity (Wildman–Crippen MR) is 144 cm³/mol. The van der Waals surface area contributed by atoms with Crippen LogP contribution in [-0.2, 0) is 9.53 Å². The molecule has 10 heteroatoms. The van der Waals surface area contributed by atoms with Gasteiger partial charge in [-0.25, -0.2) is 14.6 Å². The molecular weight excluding hydrogens is 520 g/mol. The summed E-state index contributed by atoms with van der Waals surface area (Å²) in [4.78, 5) is 43.0. The quantitative estimate of drug-likeness (QED) is 0.352. The maximum absolute atomic E-state index is 13.8. The first kappa shape index (κ1) is 25.9. The van der Waals surface area contributed by atoms with Gasteiger partial charge in [-0.15, -0.1) is 0 Å². The van der Waals surface area contributed by atoms with Crippen molar-refractivity contribution in [3.63, 3.8) is 0 Å². The van der Waals surface area contributed by atoms with Crippen LogP contribution in [-0.4, -0.2) is 35.3 Å². The zero-order chi connectivity index (χ0) is 27.7. The number of allylic oxidation sites excluding steroid dienone is 1. The lowest BCUT2D eigenvalue weighted by Crippen LogP contribution is -2.40. The van der Waals surface area contributed by atoms with E-state index in [4.69, 9.17) is 19.0 Å². The number of carbonyl (C=O) groups is 2. The van der Waals surface area contributed by atoms with Crippen molar-refractivity contribution in [2.75, 3.05) is 13.7 Å². The molecule has 2 aromatic carbocycles. The monoisotopic (exact) mass is 544 g/mol. The lowest BCUT2D eigenvalue weighted by molar-refractivity contribution is -0.139. The number of esters is 1. The molecule has 0 aliphatic carbocycles. The molecule has 5 rings (SSSR count). The molecule has 0 radical (unpaired) electrons. The van der Waals surface area contributed by atoms with Crippen LogP contribution in [0.4, 0.5) is 0 Å². The molecule has 39 heavy (non-hydrogen) atoms. The summed E-state index contributed by atoms with van der Waals surface area (Å²) in [5.41, 5.74) is 1.90. The first-order chi connectivity index (χ1) is 18.8. The van der Waals surface area contributed by atoms with E-state index >= 15 is 0 Å². The highest BCUT2D eigenvalue weighted by Gasteiger charge is 2.35. The van der Waals surface area contributed by atoms with E-state index in [1.54, 1.807) is 50.3 Å². The Balaban J connectivity index is 1.62. The smallest absolute Gasteiger partial charge is 0.338 e. The maximum Gasteiger partial charge on any atom is 0.338 e. The van der Waals surface area contributed by atoms with Crippen molar-refractivity contribution in [3.05, 3.63) is 109 Å². The standard InChI is InChI=1S/C29H24N2O7S/c1-4-37-28(35)24-16(2)30-29-31(25(24)20-7-5-6-8-22(20)36-3)26(32)23(39-29)15-19-13-14-21(38-19)17-9-11-18(12-10-17)27(33)34/h5-15,25H,4H2,1-3H3,(H,33,34). The van der Waals surface area contributed by atoms with Crippen molar-refractivity contribution in [2.45, 2.75) is 19.9 Å². The third-order valence-corrected chi connectivity index (χ3v) is 7.25. The third kappa shape index (κ3) is 4.82. The van der Waals surface area contributed by atoms with Crippen molar-refractivity contribution in [1.82, 2.24) is 4.57 Å². The van der Waals surface area contributed by atoms with Crippen LogP contribution in [0, 0.1) is 0 Å². The molecule has 0 fully saturated rings. The summed E-state index contributed by atoms with van der Waals surface area (Å²) in [5, 5.41) is 9.12. The van der Waals surface area contributed by atoms with E-state index in [2.05, 4.69) is 4.99 Å². The minimum atomic E-state index is -1.01. The van der Waals surface area contributed by atoms with Gasteiger partial charge in [-0.3, -0.25) is 9.36 Å². The molecule has 0 saturated carbocycles. The number of aromatic carboxylic acids is 1. The SMILES string of the molecule is CCOC(=O)C1=C(C)N=c2sc(=Cc3ccc(-c4ccc(C(=O)O)cc4)o3)c(=O)n2C1c1ccccc1OC. The Morgan fingerprint density at radius 1 is 1.13 bits per heavy atom. The summed E-state index contributed by atoms with van der Waals surface area (Å²) >= 11 is 1.19. The molecule has 2 aromatic heterocycles. The molecule has 198 valence electrons. The number of carboxylic acids is 1. The van der Waals surface area contributed by atoms with E-state index in [1.165, 1.54) is 35.1 Å². The first-order valence-corrected chi connectivity index (χ1v) is 12.9. The van der Waals surface area contributed by atoms with Gasteiger partial charge in [0.2, 0.25) is 0 Å². The van der Waals surface area contributed by atoms with Crippen molar-refractivity contribution < 1.29 is 28.6 Å². The number of aromatic nitrogens is 1. The number of nitrogens with zero attached hydrogens (tertiary/aromatic N) is 2. The Kier molecular flexibility index (Phi) is 7.03. The molecule has 0 saturated heterocycles. The molecule has 3 heterocycles. The van der Waals surface area contributed by atoms with Crippen LogP contribution >= 0.6 is 11.3 Å². The molecule has 1 N–H and O–H groups in total. The third-order valence-electron chi connectivity index (χ3n) is 6.27. The maximum atomic E-state index is 13.8. The number of methoxy groups -OCH3 is 1. The van der Waals surface area contributed by atoms with Crippen LogP contribution in [0.2, 0.25) is 0 Å². The van der Waals surface area contributed by atoms with Crippen LogP contribution in [0.5, 0.6) is 5.75 Å². The topological polar surface area (TPSA) is 120 Å². The Hall–Kier alpha value is -4.70. The fourth-order valence-corrected chi connectivity index (χ4v) is 5.50. The van der Waals surface area contributed by atoms with Crippen molar-refractivity contribution in [1.29, 1.82) is 0 Å². The molecule has 0 spiro atoms. The van der Waals surface area contributed by atoms with Gasteiger partial charge >= 0.3 is 11.9 Å². The summed E-state index contributed by atoms with van der Waals surface area (Å²) in [6.07, 6.45) is 1.63. The van der Waals surface area contributed by atoms with Crippen molar-refractivity contribution >= 4 is 29.4 Å². The average Bonchev–Trinajstić information content (AvgIpc) is 3.52. The lowest BCUT2D eigenvalue weighted by Gasteiger charge is -2.25. The normalized spacial score (nSPS) is 15.1. The van der Waals surface area contributed by atoms with Crippen molar-refractivity contribution in [2.24, 2.45) is 4.99 Å². The molecular formula is C29H24N2O7S. The summed E-state index contributed by atoms with van der Waals surface area (Å²) in [6, 6.07) is 16.2. The number of ether oxygens (including phenoxy) is 2. The number of benzene rings is 2. The molecule has 1 atom stereocenters. The number of para-hydroxylation sites is 1. The Morgan fingerprint density at radius 2 is 1.87 bits per heavy atom. The zero-order valence-corrected chi connectivity index (χ0v) is 22.2. The van der Waals surface area contributed by atoms with Crippen LogP contribution < -0.4 is 19.6 Å². The molecule has 9 nitrogen and oxygen atoms in total. The molecule has 4 aromatic rings. The highest BCUT2D eigenvalue weighted by Crippen LogP contribution is 2.35. The Morgan fingerprint density at radius 3 is 2.56 bits per heavy atom. The summed E-state index contributed by atoms with van der Waals surface area (Å²) in [5.74, 6) is -0.0670. The first-order valence-electron chi connectivity index (χ1n) is 12.1.